The van der Waals surface area contributed by atoms with Gasteiger partial charge < -0.3 is 4.43 Å². The van der Waals surface area contributed by atoms with Crippen molar-refractivity contribution >= 4 is 24.2 Å². The van der Waals surface area contributed by atoms with E-state index in [1.165, 1.54) is 12.0 Å². The first-order valence-electron chi connectivity index (χ1n) is 6.56. The standard InChI is InChI=1S/C14H29BrOSi/c1-13(9-7-11-15)10-8-12-16-17(5,6)14(2,3)4/h9H,7-8,10-12H2,1-6H3/b13-9+. The van der Waals surface area contributed by atoms with Gasteiger partial charge in [0.25, 0.3) is 0 Å². The van der Waals surface area contributed by atoms with Crippen molar-refractivity contribution in [3.8, 4) is 0 Å². The molecule has 3 heteroatoms. The Labute approximate surface area is 117 Å². The van der Waals surface area contributed by atoms with Gasteiger partial charge in [-0.25, -0.2) is 0 Å². The molecule has 0 aliphatic heterocycles. The molecule has 0 unspecified atom stereocenters. The van der Waals surface area contributed by atoms with Gasteiger partial charge in [-0.05, 0) is 44.3 Å². The largest absolute Gasteiger partial charge is 0.417 e. The molecular formula is C14H29BrOSi. The summed E-state index contributed by atoms with van der Waals surface area (Å²) in [6, 6.07) is 0. The molecular weight excluding hydrogens is 292 g/mol. The average Bonchev–Trinajstić information content (AvgIpc) is 2.20. The van der Waals surface area contributed by atoms with Gasteiger partial charge >= 0.3 is 0 Å². The van der Waals surface area contributed by atoms with E-state index in [4.69, 9.17) is 4.43 Å². The van der Waals surface area contributed by atoms with Crippen molar-refractivity contribution in [1.29, 1.82) is 0 Å². The van der Waals surface area contributed by atoms with Crippen LogP contribution in [0.3, 0.4) is 0 Å². The number of allylic oxidation sites excluding steroid dienone is 2. The summed E-state index contributed by atoms with van der Waals surface area (Å²) in [6.07, 6.45) is 5.77. The Kier molecular flexibility index (Phi) is 7.93. The van der Waals surface area contributed by atoms with Crippen LogP contribution in [0.4, 0.5) is 0 Å². The number of alkyl halides is 1. The Bertz CT molecular complexity index is 241. The number of halogens is 1. The average molecular weight is 321 g/mol. The fourth-order valence-electron chi connectivity index (χ4n) is 1.30. The van der Waals surface area contributed by atoms with Gasteiger partial charge in [-0.2, -0.15) is 0 Å². The van der Waals surface area contributed by atoms with Crippen LogP contribution in [0.1, 0.15) is 47.0 Å². The molecule has 1 nitrogen and oxygen atoms in total. The second-order valence-electron chi connectivity index (χ2n) is 6.24. The maximum absolute atomic E-state index is 6.15. The van der Waals surface area contributed by atoms with Gasteiger partial charge in [0.2, 0.25) is 0 Å². The van der Waals surface area contributed by atoms with E-state index in [0.717, 1.165) is 24.8 Å². The molecule has 0 aliphatic carbocycles. The van der Waals surface area contributed by atoms with Gasteiger partial charge in [0, 0.05) is 11.9 Å². The zero-order chi connectivity index (χ0) is 13.5. The molecule has 0 fully saturated rings. The van der Waals surface area contributed by atoms with Crippen LogP contribution in [0.15, 0.2) is 11.6 Å². The number of hydrogen-bond donors (Lipinski definition) is 0. The Morgan fingerprint density at radius 3 is 2.35 bits per heavy atom. The second-order valence-corrected chi connectivity index (χ2v) is 11.8. The smallest absolute Gasteiger partial charge is 0.191 e. The topological polar surface area (TPSA) is 9.23 Å². The lowest BCUT2D eigenvalue weighted by atomic mass is 10.1. The third-order valence-electron chi connectivity index (χ3n) is 3.59. The number of hydrogen-bond acceptors (Lipinski definition) is 1. The Balaban J connectivity index is 3.86. The molecule has 0 aromatic rings. The maximum atomic E-state index is 6.15. The van der Waals surface area contributed by atoms with E-state index in [0.29, 0.717) is 5.04 Å². The summed E-state index contributed by atoms with van der Waals surface area (Å²) in [5, 5.41) is 1.39. The summed E-state index contributed by atoms with van der Waals surface area (Å²) >= 11 is 3.44. The molecule has 0 aromatic heterocycles. The molecule has 0 spiro atoms. The van der Waals surface area contributed by atoms with Crippen molar-refractivity contribution in [2.75, 3.05) is 11.9 Å². The lowest BCUT2D eigenvalue weighted by Gasteiger charge is -2.36. The van der Waals surface area contributed by atoms with Crippen LogP contribution in [0.2, 0.25) is 18.1 Å². The molecule has 0 saturated heterocycles. The van der Waals surface area contributed by atoms with Crippen LogP contribution < -0.4 is 0 Å². The molecule has 102 valence electrons. The van der Waals surface area contributed by atoms with E-state index in [-0.39, 0.29) is 0 Å². The highest BCUT2D eigenvalue weighted by Crippen LogP contribution is 2.36. The third kappa shape index (κ3) is 7.42. The van der Waals surface area contributed by atoms with Crippen LogP contribution in [0.5, 0.6) is 0 Å². The van der Waals surface area contributed by atoms with E-state index in [1.807, 2.05) is 0 Å². The summed E-state index contributed by atoms with van der Waals surface area (Å²) < 4.78 is 6.15. The summed E-state index contributed by atoms with van der Waals surface area (Å²) in [6.45, 7) is 14.6. The van der Waals surface area contributed by atoms with Crippen LogP contribution in [-0.2, 0) is 4.43 Å². The summed E-state index contributed by atoms with van der Waals surface area (Å²) in [4.78, 5) is 0. The first-order chi connectivity index (χ1) is 7.70. The van der Waals surface area contributed by atoms with E-state index >= 15 is 0 Å². The molecule has 0 atom stereocenters. The van der Waals surface area contributed by atoms with Crippen molar-refractivity contribution in [3.05, 3.63) is 11.6 Å². The van der Waals surface area contributed by atoms with Gasteiger partial charge in [0.15, 0.2) is 8.32 Å². The third-order valence-corrected chi connectivity index (χ3v) is 8.58. The molecule has 0 radical (unpaired) electrons. The van der Waals surface area contributed by atoms with Gasteiger partial charge in [-0.3, -0.25) is 0 Å². The normalized spacial score (nSPS) is 14.2. The molecule has 0 aromatic carbocycles. The van der Waals surface area contributed by atoms with Gasteiger partial charge in [0.05, 0.1) is 0 Å². The summed E-state index contributed by atoms with van der Waals surface area (Å²) in [5.74, 6) is 0. The summed E-state index contributed by atoms with van der Waals surface area (Å²) in [7, 11) is -1.53. The molecule has 0 saturated carbocycles. The van der Waals surface area contributed by atoms with Crippen LogP contribution in [-0.4, -0.2) is 20.3 Å². The lowest BCUT2D eigenvalue weighted by molar-refractivity contribution is 0.282. The first kappa shape index (κ1) is 17.4. The van der Waals surface area contributed by atoms with Crippen LogP contribution in [0, 0.1) is 0 Å². The Hall–Kier alpha value is 0.397. The lowest BCUT2D eigenvalue weighted by Crippen LogP contribution is -2.40. The quantitative estimate of drug-likeness (QED) is 0.260. The van der Waals surface area contributed by atoms with Crippen molar-refractivity contribution < 1.29 is 4.43 Å². The predicted molar refractivity (Wildman–Crippen MR) is 84.6 cm³/mol. The minimum Gasteiger partial charge on any atom is -0.417 e. The molecule has 0 bridgehead atoms. The monoisotopic (exact) mass is 320 g/mol. The van der Waals surface area contributed by atoms with Crippen LogP contribution >= 0.6 is 15.9 Å². The highest BCUT2D eigenvalue weighted by atomic mass is 79.9. The fraction of sp³-hybridized carbons (Fsp3) is 0.857. The van der Waals surface area contributed by atoms with Crippen molar-refractivity contribution in [1.82, 2.24) is 0 Å². The molecule has 0 amide bonds. The molecule has 0 rings (SSSR count). The minimum atomic E-state index is -1.53. The van der Waals surface area contributed by atoms with Crippen molar-refractivity contribution in [3.63, 3.8) is 0 Å². The zero-order valence-electron chi connectivity index (χ0n) is 12.4. The van der Waals surface area contributed by atoms with Gasteiger partial charge in [-0.1, -0.05) is 48.4 Å². The van der Waals surface area contributed by atoms with E-state index in [2.05, 4.69) is 62.8 Å². The maximum Gasteiger partial charge on any atom is 0.191 e. The molecule has 0 aliphatic rings. The number of rotatable bonds is 7. The van der Waals surface area contributed by atoms with Crippen molar-refractivity contribution in [2.45, 2.75) is 65.1 Å². The second kappa shape index (κ2) is 7.75. The highest BCUT2D eigenvalue weighted by Gasteiger charge is 2.36. The van der Waals surface area contributed by atoms with E-state index in [9.17, 15) is 0 Å². The van der Waals surface area contributed by atoms with Crippen LogP contribution in [0.25, 0.3) is 0 Å². The van der Waals surface area contributed by atoms with Crippen molar-refractivity contribution in [2.24, 2.45) is 0 Å². The first-order valence-corrected chi connectivity index (χ1v) is 10.6. The Morgan fingerprint density at radius 2 is 1.88 bits per heavy atom. The Morgan fingerprint density at radius 1 is 1.29 bits per heavy atom. The van der Waals surface area contributed by atoms with Gasteiger partial charge in [-0.15, -0.1) is 0 Å². The fourth-order valence-corrected chi connectivity index (χ4v) is 2.61. The minimum absolute atomic E-state index is 0.327. The molecule has 17 heavy (non-hydrogen) atoms. The summed E-state index contributed by atoms with van der Waals surface area (Å²) in [5.41, 5.74) is 1.49. The highest BCUT2D eigenvalue weighted by molar-refractivity contribution is 9.09. The SMILES string of the molecule is C/C(=C\CCBr)CCCO[Si](C)(C)C(C)(C)C. The zero-order valence-corrected chi connectivity index (χ0v) is 15.0. The predicted octanol–water partition coefficient (Wildman–Crippen LogP) is 5.52. The van der Waals surface area contributed by atoms with Gasteiger partial charge in [0.1, 0.15) is 0 Å². The molecule has 0 heterocycles. The molecule has 0 N–H and O–H groups in total. The van der Waals surface area contributed by atoms with E-state index in [1.54, 1.807) is 0 Å². The van der Waals surface area contributed by atoms with E-state index < -0.39 is 8.32 Å².